The van der Waals surface area contributed by atoms with E-state index in [1.165, 1.54) is 12.1 Å². The van der Waals surface area contributed by atoms with Crippen LogP contribution in [0.2, 0.25) is 0 Å². The average Bonchev–Trinajstić information content (AvgIpc) is 2.92. The Bertz CT molecular complexity index is 522. The lowest BCUT2D eigenvalue weighted by molar-refractivity contribution is -0.121. The van der Waals surface area contributed by atoms with Crippen molar-refractivity contribution in [2.24, 2.45) is 0 Å². The molecule has 0 saturated carbocycles. The molecular weight excluding hydrogens is 245 g/mol. The molecule has 2 rings (SSSR count). The third-order valence-electron chi connectivity index (χ3n) is 2.87. The van der Waals surface area contributed by atoms with Gasteiger partial charge in [-0.05, 0) is 24.1 Å². The summed E-state index contributed by atoms with van der Waals surface area (Å²) < 4.78 is 12.8. The van der Waals surface area contributed by atoms with E-state index >= 15 is 0 Å². The van der Waals surface area contributed by atoms with Crippen LogP contribution < -0.4 is 5.32 Å². The van der Waals surface area contributed by atoms with E-state index in [0.717, 1.165) is 17.8 Å². The van der Waals surface area contributed by atoms with Gasteiger partial charge in [-0.1, -0.05) is 19.1 Å². The van der Waals surface area contributed by atoms with Gasteiger partial charge >= 0.3 is 0 Å². The minimum atomic E-state index is -0.300. The Hall–Kier alpha value is -2.17. The van der Waals surface area contributed by atoms with E-state index < -0.39 is 0 Å². The summed E-state index contributed by atoms with van der Waals surface area (Å²) in [5.41, 5.74) is 0.785. The van der Waals surface area contributed by atoms with Crippen molar-refractivity contribution in [2.45, 2.75) is 25.8 Å². The second-order valence-corrected chi connectivity index (χ2v) is 4.31. The maximum atomic E-state index is 12.8. The zero-order chi connectivity index (χ0) is 13.7. The molecule has 0 saturated heterocycles. The Morgan fingerprint density at radius 3 is 2.74 bits per heavy atom. The van der Waals surface area contributed by atoms with Crippen molar-refractivity contribution in [3.8, 4) is 0 Å². The number of carbonyl (C=O) groups excluding carboxylic acids is 1. The van der Waals surface area contributed by atoms with Gasteiger partial charge in [-0.3, -0.25) is 4.79 Å². The molecule has 1 heterocycles. The van der Waals surface area contributed by atoms with Crippen molar-refractivity contribution < 1.29 is 9.18 Å². The lowest BCUT2D eigenvalue weighted by Crippen LogP contribution is -2.30. The SMILES string of the molecule is CCC(NC(=O)Cc1ccc(F)cc1)c1ncc[nH]1. The zero-order valence-corrected chi connectivity index (χ0v) is 10.7. The number of benzene rings is 1. The van der Waals surface area contributed by atoms with Crippen LogP contribution in [0, 0.1) is 5.82 Å². The van der Waals surface area contributed by atoms with Gasteiger partial charge in [0.25, 0.3) is 0 Å². The molecule has 2 aromatic rings. The fourth-order valence-corrected chi connectivity index (χ4v) is 1.86. The molecule has 0 aliphatic rings. The number of rotatable bonds is 5. The van der Waals surface area contributed by atoms with Gasteiger partial charge in [-0.2, -0.15) is 0 Å². The van der Waals surface area contributed by atoms with Crippen LogP contribution in [0.15, 0.2) is 36.7 Å². The number of nitrogens with one attached hydrogen (secondary N) is 2. The van der Waals surface area contributed by atoms with Crippen molar-refractivity contribution in [3.63, 3.8) is 0 Å². The smallest absolute Gasteiger partial charge is 0.225 e. The summed E-state index contributed by atoms with van der Waals surface area (Å²) in [7, 11) is 0. The van der Waals surface area contributed by atoms with Gasteiger partial charge in [0.15, 0.2) is 0 Å². The van der Waals surface area contributed by atoms with Gasteiger partial charge in [0, 0.05) is 12.4 Å². The van der Waals surface area contributed by atoms with Crippen LogP contribution in [0.1, 0.15) is 30.8 Å². The van der Waals surface area contributed by atoms with Crippen LogP contribution in [0.25, 0.3) is 0 Å². The fraction of sp³-hybridized carbons (Fsp3) is 0.286. The summed E-state index contributed by atoms with van der Waals surface area (Å²) >= 11 is 0. The number of hydrogen-bond donors (Lipinski definition) is 2. The molecular formula is C14H16FN3O. The van der Waals surface area contributed by atoms with Crippen LogP contribution >= 0.6 is 0 Å². The van der Waals surface area contributed by atoms with Gasteiger partial charge < -0.3 is 10.3 Å². The van der Waals surface area contributed by atoms with Crippen LogP contribution in [-0.2, 0) is 11.2 Å². The van der Waals surface area contributed by atoms with Gasteiger partial charge in [0.1, 0.15) is 11.6 Å². The molecule has 100 valence electrons. The molecule has 19 heavy (non-hydrogen) atoms. The topological polar surface area (TPSA) is 57.8 Å². The molecule has 0 aliphatic heterocycles. The van der Waals surface area contributed by atoms with E-state index in [2.05, 4.69) is 15.3 Å². The Balaban J connectivity index is 1.95. The highest BCUT2D eigenvalue weighted by Gasteiger charge is 2.14. The normalized spacial score (nSPS) is 12.1. The Morgan fingerprint density at radius 2 is 2.16 bits per heavy atom. The van der Waals surface area contributed by atoms with Gasteiger partial charge in [-0.25, -0.2) is 9.37 Å². The zero-order valence-electron chi connectivity index (χ0n) is 10.7. The van der Waals surface area contributed by atoms with Crippen LogP contribution in [0.4, 0.5) is 4.39 Å². The maximum absolute atomic E-state index is 12.8. The molecule has 1 atom stereocenters. The largest absolute Gasteiger partial charge is 0.347 e. The van der Waals surface area contributed by atoms with Crippen molar-refractivity contribution in [3.05, 3.63) is 53.9 Å². The third kappa shape index (κ3) is 3.64. The van der Waals surface area contributed by atoms with E-state index in [4.69, 9.17) is 0 Å². The highest BCUT2D eigenvalue weighted by Crippen LogP contribution is 2.12. The number of aromatic nitrogens is 2. The second kappa shape index (κ2) is 6.13. The Labute approximate surface area is 111 Å². The molecule has 0 spiro atoms. The molecule has 1 aromatic heterocycles. The number of amides is 1. The maximum Gasteiger partial charge on any atom is 0.225 e. The lowest BCUT2D eigenvalue weighted by atomic mass is 10.1. The Kier molecular flexibility index (Phi) is 4.28. The molecule has 5 heteroatoms. The number of carbonyl (C=O) groups is 1. The molecule has 0 radical (unpaired) electrons. The quantitative estimate of drug-likeness (QED) is 0.868. The van der Waals surface area contributed by atoms with Crippen LogP contribution in [-0.4, -0.2) is 15.9 Å². The van der Waals surface area contributed by atoms with Crippen LogP contribution in [0.5, 0.6) is 0 Å². The first-order valence-electron chi connectivity index (χ1n) is 6.22. The predicted octanol–water partition coefficient (Wildman–Crippen LogP) is 2.36. The first kappa shape index (κ1) is 13.3. The van der Waals surface area contributed by atoms with E-state index in [9.17, 15) is 9.18 Å². The van der Waals surface area contributed by atoms with Gasteiger partial charge in [0.2, 0.25) is 5.91 Å². The predicted molar refractivity (Wildman–Crippen MR) is 69.9 cm³/mol. The first-order chi connectivity index (χ1) is 9.19. The third-order valence-corrected chi connectivity index (χ3v) is 2.87. The number of imidazole rings is 1. The number of hydrogen-bond acceptors (Lipinski definition) is 2. The minimum absolute atomic E-state index is 0.102. The van der Waals surface area contributed by atoms with Crippen molar-refractivity contribution >= 4 is 5.91 Å². The molecule has 1 unspecified atom stereocenters. The average molecular weight is 261 g/mol. The monoisotopic (exact) mass is 261 g/mol. The molecule has 4 nitrogen and oxygen atoms in total. The first-order valence-corrected chi connectivity index (χ1v) is 6.22. The molecule has 2 N–H and O–H groups in total. The van der Waals surface area contributed by atoms with Gasteiger partial charge in [-0.15, -0.1) is 0 Å². The summed E-state index contributed by atoms with van der Waals surface area (Å²) in [5.74, 6) is 0.344. The number of H-pyrrole nitrogens is 1. The molecule has 0 aliphatic carbocycles. The standard InChI is InChI=1S/C14H16FN3O/c1-2-12(14-16-7-8-17-14)18-13(19)9-10-3-5-11(15)6-4-10/h3-8,12H,2,9H2,1H3,(H,16,17)(H,18,19). The van der Waals surface area contributed by atoms with Crippen LogP contribution in [0.3, 0.4) is 0 Å². The van der Waals surface area contributed by atoms with Crippen molar-refractivity contribution in [1.82, 2.24) is 15.3 Å². The lowest BCUT2D eigenvalue weighted by Gasteiger charge is -2.14. The highest BCUT2D eigenvalue weighted by molar-refractivity contribution is 5.78. The molecule has 1 aromatic carbocycles. The summed E-state index contributed by atoms with van der Waals surface area (Å²) in [6, 6.07) is 5.81. The molecule has 0 bridgehead atoms. The number of nitrogens with zero attached hydrogens (tertiary/aromatic N) is 1. The molecule has 1 amide bonds. The van der Waals surface area contributed by atoms with E-state index in [-0.39, 0.29) is 24.2 Å². The second-order valence-electron chi connectivity index (χ2n) is 4.31. The summed E-state index contributed by atoms with van der Waals surface area (Å²) in [4.78, 5) is 19.0. The van der Waals surface area contributed by atoms with Crippen molar-refractivity contribution in [2.75, 3.05) is 0 Å². The minimum Gasteiger partial charge on any atom is -0.347 e. The van der Waals surface area contributed by atoms with E-state index in [0.29, 0.717) is 0 Å². The summed E-state index contributed by atoms with van der Waals surface area (Å²) in [5, 5.41) is 2.91. The number of aromatic amines is 1. The highest BCUT2D eigenvalue weighted by atomic mass is 19.1. The van der Waals surface area contributed by atoms with E-state index in [1.54, 1.807) is 24.5 Å². The fourth-order valence-electron chi connectivity index (χ4n) is 1.86. The summed E-state index contributed by atoms with van der Waals surface area (Å²) in [6.45, 7) is 1.98. The Morgan fingerprint density at radius 1 is 1.42 bits per heavy atom. The van der Waals surface area contributed by atoms with E-state index in [1.807, 2.05) is 6.92 Å². The van der Waals surface area contributed by atoms with Crippen molar-refractivity contribution in [1.29, 1.82) is 0 Å². The molecule has 0 fully saturated rings. The number of halogens is 1. The summed E-state index contributed by atoms with van der Waals surface area (Å²) in [6.07, 6.45) is 4.37. The van der Waals surface area contributed by atoms with Gasteiger partial charge in [0.05, 0.1) is 12.5 Å².